The molecule has 0 saturated carbocycles. The smallest absolute Gasteiger partial charge is 0.0766 e. The number of nitrogens with zero attached hydrogens (tertiary/aromatic N) is 2. The number of pyridine rings is 2. The van der Waals surface area contributed by atoms with Crippen LogP contribution in [-0.2, 0) is 0 Å². The predicted molar refractivity (Wildman–Crippen MR) is 90.2 cm³/mol. The van der Waals surface area contributed by atoms with Crippen LogP contribution in [0.4, 0.5) is 0 Å². The van der Waals surface area contributed by atoms with Gasteiger partial charge >= 0.3 is 0 Å². The fraction of sp³-hybridized carbons (Fsp3) is 0.111. The minimum Gasteiger partial charge on any atom is -0.256 e. The minimum absolute atomic E-state index is 0.710. The van der Waals surface area contributed by atoms with Crippen LogP contribution in [0.1, 0.15) is 11.1 Å². The van der Waals surface area contributed by atoms with Crippen LogP contribution in [-0.4, -0.2) is 9.97 Å². The molecule has 0 bridgehead atoms. The van der Waals surface area contributed by atoms with Crippen molar-refractivity contribution in [2.75, 3.05) is 0 Å². The third-order valence-electron chi connectivity index (χ3n) is 3.40. The van der Waals surface area contributed by atoms with Crippen molar-refractivity contribution in [1.82, 2.24) is 9.97 Å². The maximum Gasteiger partial charge on any atom is 0.0766 e. The second kappa shape index (κ2) is 6.15. The Labute approximate surface area is 126 Å². The van der Waals surface area contributed by atoms with Gasteiger partial charge in [0.2, 0.25) is 0 Å². The first kappa shape index (κ1) is 13.9. The molecular formula is C18H17N2P. The fourth-order valence-corrected chi connectivity index (χ4v) is 4.72. The van der Waals surface area contributed by atoms with Crippen LogP contribution in [0.3, 0.4) is 0 Å². The summed E-state index contributed by atoms with van der Waals surface area (Å²) in [5, 5.41) is 1.29. The van der Waals surface area contributed by atoms with Gasteiger partial charge in [-0.25, -0.2) is 0 Å². The lowest BCUT2D eigenvalue weighted by molar-refractivity contribution is 1.31. The van der Waals surface area contributed by atoms with Gasteiger partial charge in [0.1, 0.15) is 0 Å². The molecule has 3 aromatic rings. The van der Waals surface area contributed by atoms with E-state index >= 15 is 0 Å². The summed E-state index contributed by atoms with van der Waals surface area (Å²) in [5.41, 5.74) is 4.72. The van der Waals surface area contributed by atoms with E-state index in [1.54, 1.807) is 0 Å². The second-order valence-electron chi connectivity index (χ2n) is 4.96. The molecule has 0 spiro atoms. The lowest BCUT2D eigenvalue weighted by Gasteiger charge is -2.20. The molecule has 0 fully saturated rings. The van der Waals surface area contributed by atoms with E-state index in [0.29, 0.717) is 0 Å². The Morgan fingerprint density at radius 1 is 0.667 bits per heavy atom. The minimum atomic E-state index is -0.710. The number of aryl methyl sites for hydroxylation is 2. The van der Waals surface area contributed by atoms with Crippen molar-refractivity contribution in [1.29, 1.82) is 0 Å². The average Bonchev–Trinajstić information content (AvgIpc) is 2.52. The quantitative estimate of drug-likeness (QED) is 0.694. The van der Waals surface area contributed by atoms with Gasteiger partial charge in [-0.1, -0.05) is 42.5 Å². The summed E-state index contributed by atoms with van der Waals surface area (Å²) >= 11 is 0. The Morgan fingerprint density at radius 3 is 1.67 bits per heavy atom. The number of benzene rings is 1. The van der Waals surface area contributed by atoms with Crippen molar-refractivity contribution in [3.8, 4) is 0 Å². The van der Waals surface area contributed by atoms with E-state index in [1.807, 2.05) is 30.6 Å². The van der Waals surface area contributed by atoms with Crippen LogP contribution in [0.5, 0.6) is 0 Å². The molecule has 0 amide bonds. The molecule has 3 heteroatoms. The zero-order valence-electron chi connectivity index (χ0n) is 12.2. The Morgan fingerprint density at radius 2 is 1.19 bits per heavy atom. The van der Waals surface area contributed by atoms with Crippen molar-refractivity contribution < 1.29 is 0 Å². The fourth-order valence-electron chi connectivity index (χ4n) is 2.34. The largest absolute Gasteiger partial charge is 0.256 e. The second-order valence-corrected chi connectivity index (χ2v) is 6.99. The Balaban J connectivity index is 2.22. The van der Waals surface area contributed by atoms with Gasteiger partial charge < -0.3 is 0 Å². The van der Waals surface area contributed by atoms with Crippen LogP contribution < -0.4 is 16.2 Å². The van der Waals surface area contributed by atoms with Gasteiger partial charge in [0, 0.05) is 20.3 Å². The molecule has 0 saturated heterocycles. The van der Waals surface area contributed by atoms with Crippen LogP contribution in [0.2, 0.25) is 0 Å². The summed E-state index contributed by atoms with van der Waals surface area (Å²) in [6.07, 6.45) is 3.75. The van der Waals surface area contributed by atoms with E-state index in [-0.39, 0.29) is 0 Å². The van der Waals surface area contributed by atoms with Crippen LogP contribution in [0.15, 0.2) is 67.0 Å². The van der Waals surface area contributed by atoms with E-state index in [9.17, 15) is 0 Å². The zero-order valence-corrected chi connectivity index (χ0v) is 13.1. The summed E-state index contributed by atoms with van der Waals surface area (Å²) in [5.74, 6) is 0. The van der Waals surface area contributed by atoms with E-state index in [2.05, 4.69) is 60.2 Å². The van der Waals surface area contributed by atoms with Gasteiger partial charge in [-0.05, 0) is 42.4 Å². The van der Waals surface area contributed by atoms with E-state index in [0.717, 1.165) is 10.9 Å². The maximum absolute atomic E-state index is 4.66. The molecule has 0 aliphatic carbocycles. The zero-order chi connectivity index (χ0) is 14.7. The first-order chi connectivity index (χ1) is 10.3. The molecule has 104 valence electrons. The molecule has 2 nitrogen and oxygen atoms in total. The topological polar surface area (TPSA) is 25.8 Å². The van der Waals surface area contributed by atoms with Crippen LogP contribution in [0, 0.1) is 13.8 Å². The van der Waals surface area contributed by atoms with Crippen LogP contribution >= 0.6 is 7.92 Å². The molecule has 21 heavy (non-hydrogen) atoms. The molecule has 3 rings (SSSR count). The molecule has 0 N–H and O–H groups in total. The maximum atomic E-state index is 4.66. The summed E-state index contributed by atoms with van der Waals surface area (Å²) in [4.78, 5) is 9.32. The average molecular weight is 292 g/mol. The summed E-state index contributed by atoms with van der Waals surface area (Å²) in [6.45, 7) is 4.25. The molecule has 2 aromatic heterocycles. The molecule has 1 aromatic carbocycles. The molecule has 0 radical (unpaired) electrons. The highest BCUT2D eigenvalue weighted by Crippen LogP contribution is 2.33. The van der Waals surface area contributed by atoms with E-state index < -0.39 is 7.92 Å². The van der Waals surface area contributed by atoms with Crippen molar-refractivity contribution >= 4 is 24.1 Å². The Kier molecular flexibility index (Phi) is 4.08. The Bertz CT molecular complexity index is 695. The van der Waals surface area contributed by atoms with Gasteiger partial charge in [0.15, 0.2) is 0 Å². The first-order valence-electron chi connectivity index (χ1n) is 6.96. The van der Waals surface area contributed by atoms with E-state index in [4.69, 9.17) is 0 Å². The molecule has 0 unspecified atom stereocenters. The monoisotopic (exact) mass is 292 g/mol. The highest BCUT2D eigenvalue weighted by molar-refractivity contribution is 7.79. The van der Waals surface area contributed by atoms with E-state index in [1.165, 1.54) is 16.4 Å². The molecule has 0 atom stereocenters. The third kappa shape index (κ3) is 2.86. The number of aromatic nitrogens is 2. The van der Waals surface area contributed by atoms with Crippen molar-refractivity contribution in [2.45, 2.75) is 13.8 Å². The van der Waals surface area contributed by atoms with Gasteiger partial charge in [-0.2, -0.15) is 0 Å². The SMILES string of the molecule is Cc1cccnc1P(c1ccccc1)c1ncccc1C. The van der Waals surface area contributed by atoms with Crippen molar-refractivity contribution in [3.05, 3.63) is 78.1 Å². The van der Waals surface area contributed by atoms with Gasteiger partial charge in [0.25, 0.3) is 0 Å². The van der Waals surface area contributed by atoms with Gasteiger partial charge in [0.05, 0.1) is 10.9 Å². The van der Waals surface area contributed by atoms with Crippen molar-refractivity contribution in [3.63, 3.8) is 0 Å². The highest BCUT2D eigenvalue weighted by Gasteiger charge is 2.22. The summed E-state index contributed by atoms with van der Waals surface area (Å²) in [6, 6.07) is 18.8. The lowest BCUT2D eigenvalue weighted by atomic mass is 10.3. The van der Waals surface area contributed by atoms with Crippen molar-refractivity contribution in [2.24, 2.45) is 0 Å². The number of rotatable bonds is 3. The normalized spacial score (nSPS) is 10.8. The molecular weight excluding hydrogens is 275 g/mol. The summed E-state index contributed by atoms with van der Waals surface area (Å²) in [7, 11) is -0.710. The van der Waals surface area contributed by atoms with Gasteiger partial charge in [-0.15, -0.1) is 0 Å². The molecule has 0 aliphatic heterocycles. The standard InChI is InChI=1S/C18H17N2P/c1-14-8-6-12-19-17(14)21(16-10-4-3-5-11-16)18-15(2)9-7-13-20-18/h3-13H,1-2H3. The van der Waals surface area contributed by atoms with Crippen LogP contribution in [0.25, 0.3) is 0 Å². The molecule has 0 aliphatic rings. The highest BCUT2D eigenvalue weighted by atomic mass is 31.1. The third-order valence-corrected chi connectivity index (χ3v) is 6.00. The van der Waals surface area contributed by atoms with Gasteiger partial charge in [-0.3, -0.25) is 9.97 Å². The molecule has 2 heterocycles. The lowest BCUT2D eigenvalue weighted by Crippen LogP contribution is -2.27. The summed E-state index contributed by atoms with van der Waals surface area (Å²) < 4.78 is 0. The predicted octanol–water partition coefficient (Wildman–Crippen LogP) is 2.85. The number of hydrogen-bond acceptors (Lipinski definition) is 2. The first-order valence-corrected chi connectivity index (χ1v) is 8.30. The number of hydrogen-bond donors (Lipinski definition) is 0. The Hall–Kier alpha value is -2.05.